The molecular formula is C19H27N5OS. The first-order valence-corrected chi connectivity index (χ1v) is 10.4. The van der Waals surface area contributed by atoms with Crippen molar-refractivity contribution in [2.24, 2.45) is 0 Å². The van der Waals surface area contributed by atoms with Gasteiger partial charge in [0.1, 0.15) is 17.0 Å². The SMILES string of the molecule is Cc1cc2c(N3CCN(CC(=O)N4CCCCC4C)CC3)ncnc2s1. The molecule has 4 heterocycles. The number of aryl methyl sites for hydroxylation is 1. The molecule has 2 aromatic rings. The summed E-state index contributed by atoms with van der Waals surface area (Å²) in [6.45, 7) is 9.39. The number of carbonyl (C=O) groups is 1. The average Bonchev–Trinajstić information content (AvgIpc) is 3.03. The first-order chi connectivity index (χ1) is 12.6. The van der Waals surface area contributed by atoms with Gasteiger partial charge in [0, 0.05) is 43.6 Å². The number of hydrogen-bond acceptors (Lipinski definition) is 6. The molecule has 7 heteroatoms. The predicted molar refractivity (Wildman–Crippen MR) is 106 cm³/mol. The quantitative estimate of drug-likeness (QED) is 0.827. The Morgan fingerprint density at radius 1 is 1.19 bits per heavy atom. The Labute approximate surface area is 158 Å². The lowest BCUT2D eigenvalue weighted by Gasteiger charge is -2.38. The van der Waals surface area contributed by atoms with Crippen LogP contribution >= 0.6 is 11.3 Å². The van der Waals surface area contributed by atoms with Gasteiger partial charge in [-0.05, 0) is 39.2 Å². The highest BCUT2D eigenvalue weighted by atomic mass is 32.1. The second-order valence-electron chi connectivity index (χ2n) is 7.47. The van der Waals surface area contributed by atoms with E-state index in [4.69, 9.17) is 0 Å². The van der Waals surface area contributed by atoms with E-state index in [0.717, 1.165) is 61.6 Å². The number of nitrogens with zero attached hydrogens (tertiary/aromatic N) is 5. The van der Waals surface area contributed by atoms with Gasteiger partial charge in [-0.2, -0.15) is 0 Å². The zero-order valence-corrected chi connectivity index (χ0v) is 16.5. The first-order valence-electron chi connectivity index (χ1n) is 9.60. The lowest BCUT2D eigenvalue weighted by atomic mass is 10.0. The smallest absolute Gasteiger partial charge is 0.236 e. The van der Waals surface area contributed by atoms with Crippen LogP contribution in [0, 0.1) is 6.92 Å². The van der Waals surface area contributed by atoms with Gasteiger partial charge in [-0.25, -0.2) is 9.97 Å². The summed E-state index contributed by atoms with van der Waals surface area (Å²) in [6, 6.07) is 2.58. The largest absolute Gasteiger partial charge is 0.353 e. The summed E-state index contributed by atoms with van der Waals surface area (Å²) in [5.41, 5.74) is 0. The van der Waals surface area contributed by atoms with Crippen molar-refractivity contribution in [3.63, 3.8) is 0 Å². The van der Waals surface area contributed by atoms with Crippen molar-refractivity contribution in [3.8, 4) is 0 Å². The number of hydrogen-bond donors (Lipinski definition) is 0. The Morgan fingerprint density at radius 2 is 2.00 bits per heavy atom. The molecule has 1 unspecified atom stereocenters. The normalized spacial score (nSPS) is 22.2. The summed E-state index contributed by atoms with van der Waals surface area (Å²) in [6.07, 6.45) is 5.21. The van der Waals surface area contributed by atoms with E-state index in [0.29, 0.717) is 18.5 Å². The topological polar surface area (TPSA) is 52.6 Å². The Morgan fingerprint density at radius 3 is 2.77 bits per heavy atom. The van der Waals surface area contributed by atoms with Gasteiger partial charge in [-0.15, -0.1) is 11.3 Å². The molecule has 1 atom stereocenters. The van der Waals surface area contributed by atoms with E-state index in [1.165, 1.54) is 11.3 Å². The highest BCUT2D eigenvalue weighted by Gasteiger charge is 2.27. The molecule has 2 fully saturated rings. The van der Waals surface area contributed by atoms with Crippen LogP contribution in [0.5, 0.6) is 0 Å². The van der Waals surface area contributed by atoms with Gasteiger partial charge in [-0.3, -0.25) is 9.69 Å². The second kappa shape index (κ2) is 7.48. The molecule has 0 bridgehead atoms. The fraction of sp³-hybridized carbons (Fsp3) is 0.632. The number of aromatic nitrogens is 2. The average molecular weight is 374 g/mol. The van der Waals surface area contributed by atoms with Gasteiger partial charge in [0.25, 0.3) is 0 Å². The van der Waals surface area contributed by atoms with E-state index in [-0.39, 0.29) is 0 Å². The first kappa shape index (κ1) is 17.7. The molecule has 0 aromatic carbocycles. The van der Waals surface area contributed by atoms with E-state index < -0.39 is 0 Å². The van der Waals surface area contributed by atoms with Crippen LogP contribution in [0.4, 0.5) is 5.82 Å². The number of piperazine rings is 1. The van der Waals surface area contributed by atoms with Gasteiger partial charge < -0.3 is 9.80 Å². The predicted octanol–water partition coefficient (Wildman–Crippen LogP) is 2.52. The molecule has 0 aliphatic carbocycles. The second-order valence-corrected chi connectivity index (χ2v) is 8.70. The third-order valence-electron chi connectivity index (χ3n) is 5.59. The van der Waals surface area contributed by atoms with Crippen molar-refractivity contribution in [2.75, 3.05) is 44.2 Å². The molecule has 0 N–H and O–H groups in total. The van der Waals surface area contributed by atoms with Crippen molar-refractivity contribution in [1.29, 1.82) is 0 Å². The number of fused-ring (bicyclic) bond motifs is 1. The fourth-order valence-electron chi connectivity index (χ4n) is 4.08. The maximum Gasteiger partial charge on any atom is 0.236 e. The number of carbonyl (C=O) groups excluding carboxylic acids is 1. The lowest BCUT2D eigenvalue weighted by Crippen LogP contribution is -2.52. The maximum atomic E-state index is 12.7. The van der Waals surface area contributed by atoms with Crippen LogP contribution in [-0.4, -0.2) is 71.0 Å². The van der Waals surface area contributed by atoms with E-state index in [9.17, 15) is 4.79 Å². The van der Waals surface area contributed by atoms with Crippen LogP contribution < -0.4 is 4.90 Å². The fourth-order valence-corrected chi connectivity index (χ4v) is 4.93. The third kappa shape index (κ3) is 3.55. The molecule has 4 rings (SSSR count). The number of anilines is 1. The summed E-state index contributed by atoms with van der Waals surface area (Å²) in [7, 11) is 0. The lowest BCUT2D eigenvalue weighted by molar-refractivity contribution is -0.135. The Balaban J connectivity index is 1.37. The molecule has 0 saturated carbocycles. The van der Waals surface area contributed by atoms with Gasteiger partial charge in [0.05, 0.1) is 11.9 Å². The molecule has 2 aliphatic rings. The Kier molecular flexibility index (Phi) is 5.09. The number of piperidine rings is 1. The molecule has 6 nitrogen and oxygen atoms in total. The molecule has 0 radical (unpaired) electrons. The number of rotatable bonds is 3. The van der Waals surface area contributed by atoms with Gasteiger partial charge in [0.15, 0.2) is 0 Å². The standard InChI is InChI=1S/C19H27N5OS/c1-14-5-3-4-6-24(14)17(25)12-22-7-9-23(10-8-22)18-16-11-15(2)26-19(16)21-13-20-18/h11,13-14H,3-10,12H2,1-2H3. The minimum absolute atomic E-state index is 0.295. The van der Waals surface area contributed by atoms with Gasteiger partial charge in [0.2, 0.25) is 5.91 Å². The summed E-state index contributed by atoms with van der Waals surface area (Å²) in [5.74, 6) is 1.33. The monoisotopic (exact) mass is 373 g/mol. The summed E-state index contributed by atoms with van der Waals surface area (Å²) >= 11 is 1.72. The zero-order valence-electron chi connectivity index (χ0n) is 15.6. The molecule has 2 aromatic heterocycles. The van der Waals surface area contributed by atoms with Gasteiger partial charge >= 0.3 is 0 Å². The Bertz CT molecular complexity index is 783. The molecule has 140 valence electrons. The molecule has 26 heavy (non-hydrogen) atoms. The third-order valence-corrected chi connectivity index (χ3v) is 6.54. The molecular weight excluding hydrogens is 346 g/mol. The highest BCUT2D eigenvalue weighted by molar-refractivity contribution is 7.18. The number of amides is 1. The van der Waals surface area contributed by atoms with Gasteiger partial charge in [-0.1, -0.05) is 0 Å². The Hall–Kier alpha value is -1.73. The van der Waals surface area contributed by atoms with E-state index in [1.807, 2.05) is 0 Å². The summed E-state index contributed by atoms with van der Waals surface area (Å²) < 4.78 is 0. The van der Waals surface area contributed by atoms with Crippen molar-refractivity contribution >= 4 is 33.3 Å². The van der Waals surface area contributed by atoms with Crippen LogP contribution in [0.25, 0.3) is 10.2 Å². The number of thiophene rings is 1. The summed E-state index contributed by atoms with van der Waals surface area (Å²) in [5, 5.41) is 1.15. The zero-order chi connectivity index (χ0) is 18.1. The van der Waals surface area contributed by atoms with Crippen molar-refractivity contribution in [3.05, 3.63) is 17.3 Å². The molecule has 1 amide bonds. The number of likely N-dealkylation sites (tertiary alicyclic amines) is 1. The van der Waals surface area contributed by atoms with Crippen LogP contribution in [0.3, 0.4) is 0 Å². The molecule has 2 saturated heterocycles. The molecule has 2 aliphatic heterocycles. The van der Waals surface area contributed by atoms with E-state index >= 15 is 0 Å². The van der Waals surface area contributed by atoms with E-state index in [1.54, 1.807) is 17.7 Å². The molecule has 0 spiro atoms. The van der Waals surface area contributed by atoms with Crippen LogP contribution in [0.1, 0.15) is 31.1 Å². The minimum Gasteiger partial charge on any atom is -0.353 e. The minimum atomic E-state index is 0.295. The van der Waals surface area contributed by atoms with Crippen molar-refractivity contribution < 1.29 is 4.79 Å². The van der Waals surface area contributed by atoms with Crippen molar-refractivity contribution in [2.45, 2.75) is 39.2 Å². The summed E-state index contributed by atoms with van der Waals surface area (Å²) in [4.78, 5) is 30.6. The van der Waals surface area contributed by atoms with Crippen molar-refractivity contribution in [1.82, 2.24) is 19.8 Å². The van der Waals surface area contributed by atoms with E-state index in [2.05, 4.69) is 44.6 Å². The highest BCUT2D eigenvalue weighted by Crippen LogP contribution is 2.30. The maximum absolute atomic E-state index is 12.7. The van der Waals surface area contributed by atoms with Crippen LogP contribution in [0.15, 0.2) is 12.4 Å². The van der Waals surface area contributed by atoms with Crippen LogP contribution in [0.2, 0.25) is 0 Å². The van der Waals surface area contributed by atoms with Crippen LogP contribution in [-0.2, 0) is 4.79 Å².